The fourth-order valence-electron chi connectivity index (χ4n) is 4.00. The molecule has 0 spiro atoms. The van der Waals surface area contributed by atoms with Crippen molar-refractivity contribution in [3.63, 3.8) is 0 Å². The summed E-state index contributed by atoms with van der Waals surface area (Å²) in [5, 5.41) is 22.7. The first-order valence-electron chi connectivity index (χ1n) is 10.2. The molecule has 0 aromatic heterocycles. The number of hydrogen-bond donors (Lipinski definition) is 3. The molecule has 4 atom stereocenters. The minimum Gasteiger partial charge on any atom is -0.485 e. The lowest BCUT2D eigenvalue weighted by atomic mass is 10.1. The van der Waals surface area contributed by atoms with Crippen LogP contribution in [-0.2, 0) is 16.1 Å². The third kappa shape index (κ3) is 6.02. The quantitative estimate of drug-likeness (QED) is 0.564. The lowest BCUT2D eigenvalue weighted by Gasteiger charge is -2.32. The molecule has 0 saturated heterocycles. The Morgan fingerprint density at radius 3 is 2.48 bits per heavy atom. The molecule has 7 nitrogen and oxygen atoms in total. The molecule has 3 N–H and O–H groups in total. The second-order valence-corrected chi connectivity index (χ2v) is 7.77. The van der Waals surface area contributed by atoms with Gasteiger partial charge in [-0.2, -0.15) is 0 Å². The maximum Gasteiger partial charge on any atom is 0.303 e. The topological polar surface area (TPSA) is 99.1 Å². The molecule has 166 valence electrons. The minimum absolute atomic E-state index is 0.0360. The molecule has 1 aliphatic carbocycles. The SMILES string of the molecule is CN(Cc1ccccc1)[C@@H]1[C@@H](O)[C@H](Oc2ccccc2F)C[C@H]1NC(=O)CCC(=O)O. The highest BCUT2D eigenvalue weighted by Crippen LogP contribution is 2.30. The maximum absolute atomic E-state index is 14.1. The number of carboxylic acid groups (broad SMARTS) is 1. The van der Waals surface area contributed by atoms with Crippen molar-refractivity contribution in [3.05, 3.63) is 66.0 Å². The zero-order valence-electron chi connectivity index (χ0n) is 17.3. The summed E-state index contributed by atoms with van der Waals surface area (Å²) in [6.45, 7) is 0.524. The number of rotatable bonds is 9. The number of nitrogens with zero attached hydrogens (tertiary/aromatic N) is 1. The predicted octanol–water partition coefficient (Wildman–Crippen LogP) is 2.19. The number of hydrogen-bond acceptors (Lipinski definition) is 5. The van der Waals surface area contributed by atoms with E-state index in [1.54, 1.807) is 12.1 Å². The number of ether oxygens (including phenoxy) is 1. The lowest BCUT2D eigenvalue weighted by molar-refractivity contribution is -0.139. The third-order valence-electron chi connectivity index (χ3n) is 5.44. The van der Waals surface area contributed by atoms with Crippen LogP contribution in [0.15, 0.2) is 54.6 Å². The van der Waals surface area contributed by atoms with Crippen LogP contribution in [0.1, 0.15) is 24.8 Å². The highest BCUT2D eigenvalue weighted by Gasteiger charge is 2.46. The van der Waals surface area contributed by atoms with Gasteiger partial charge in [-0.1, -0.05) is 42.5 Å². The fourth-order valence-corrected chi connectivity index (χ4v) is 4.00. The Labute approximate surface area is 180 Å². The number of aliphatic carboxylic acids is 1. The number of amides is 1. The van der Waals surface area contributed by atoms with Crippen molar-refractivity contribution in [2.45, 2.75) is 50.1 Å². The van der Waals surface area contributed by atoms with E-state index in [0.29, 0.717) is 6.54 Å². The summed E-state index contributed by atoms with van der Waals surface area (Å²) in [4.78, 5) is 25.0. The third-order valence-corrected chi connectivity index (χ3v) is 5.44. The van der Waals surface area contributed by atoms with E-state index in [1.807, 2.05) is 42.3 Å². The highest BCUT2D eigenvalue weighted by molar-refractivity contribution is 5.80. The lowest BCUT2D eigenvalue weighted by Crippen LogP contribution is -2.51. The van der Waals surface area contributed by atoms with Crippen LogP contribution in [0.5, 0.6) is 5.75 Å². The molecule has 1 aliphatic rings. The van der Waals surface area contributed by atoms with Gasteiger partial charge in [0.1, 0.15) is 12.2 Å². The number of nitrogens with one attached hydrogen (secondary N) is 1. The molecule has 0 radical (unpaired) electrons. The average Bonchev–Trinajstić information content (AvgIpc) is 3.03. The van der Waals surface area contributed by atoms with Gasteiger partial charge in [-0.15, -0.1) is 0 Å². The first-order chi connectivity index (χ1) is 14.8. The van der Waals surface area contributed by atoms with Crippen molar-refractivity contribution in [2.75, 3.05) is 7.05 Å². The van der Waals surface area contributed by atoms with Crippen molar-refractivity contribution < 1.29 is 28.9 Å². The standard InChI is InChI=1S/C23H27FN2O5/c1-26(14-15-7-3-2-4-8-15)22-17(25-20(27)11-12-21(28)29)13-19(23(22)30)31-18-10-6-5-9-16(18)24/h2-10,17,19,22-23,30H,11-14H2,1H3,(H,25,27)(H,28,29)/t17-,19-,22+,23+/m1/s1. The zero-order valence-corrected chi connectivity index (χ0v) is 17.3. The van der Waals surface area contributed by atoms with Crippen molar-refractivity contribution in [3.8, 4) is 5.75 Å². The van der Waals surface area contributed by atoms with Gasteiger partial charge in [-0.3, -0.25) is 14.5 Å². The van der Waals surface area contributed by atoms with E-state index in [2.05, 4.69) is 5.32 Å². The smallest absolute Gasteiger partial charge is 0.303 e. The zero-order chi connectivity index (χ0) is 22.4. The molecule has 2 aromatic carbocycles. The number of likely N-dealkylation sites (N-methyl/N-ethyl adjacent to an activating group) is 1. The first kappa shape index (κ1) is 22.7. The van der Waals surface area contributed by atoms with Gasteiger partial charge in [-0.05, 0) is 24.7 Å². The number of aliphatic hydroxyl groups excluding tert-OH is 1. The first-order valence-corrected chi connectivity index (χ1v) is 10.2. The molecule has 31 heavy (non-hydrogen) atoms. The van der Waals surface area contributed by atoms with Gasteiger partial charge < -0.3 is 20.3 Å². The summed E-state index contributed by atoms with van der Waals surface area (Å²) in [5.74, 6) is -1.96. The van der Waals surface area contributed by atoms with Crippen molar-refractivity contribution in [2.24, 2.45) is 0 Å². The second kappa shape index (κ2) is 10.4. The van der Waals surface area contributed by atoms with Crippen molar-refractivity contribution in [1.82, 2.24) is 10.2 Å². The highest BCUT2D eigenvalue weighted by atomic mass is 19.1. The number of carboxylic acids is 1. The van der Waals surface area contributed by atoms with Crippen LogP contribution in [0.4, 0.5) is 4.39 Å². The van der Waals surface area contributed by atoms with E-state index < -0.39 is 42.0 Å². The predicted molar refractivity (Wildman–Crippen MR) is 112 cm³/mol. The minimum atomic E-state index is -1.06. The van der Waals surface area contributed by atoms with E-state index in [1.165, 1.54) is 12.1 Å². The van der Waals surface area contributed by atoms with E-state index >= 15 is 0 Å². The molecule has 0 heterocycles. The van der Waals surface area contributed by atoms with E-state index in [9.17, 15) is 19.1 Å². The fraction of sp³-hybridized carbons (Fsp3) is 0.391. The Kier molecular flexibility index (Phi) is 7.59. The second-order valence-electron chi connectivity index (χ2n) is 7.77. The Morgan fingerprint density at radius 2 is 1.81 bits per heavy atom. The number of aliphatic hydroxyl groups is 1. The number of halogens is 1. The number of benzene rings is 2. The van der Waals surface area contributed by atoms with Gasteiger partial charge in [0, 0.05) is 19.4 Å². The van der Waals surface area contributed by atoms with Gasteiger partial charge >= 0.3 is 5.97 Å². The molecular formula is C23H27FN2O5. The molecule has 2 aromatic rings. The van der Waals surface area contributed by atoms with Crippen LogP contribution in [0.3, 0.4) is 0 Å². The van der Waals surface area contributed by atoms with Gasteiger partial charge in [0.2, 0.25) is 5.91 Å². The summed E-state index contributed by atoms with van der Waals surface area (Å²) in [5.41, 5.74) is 1.03. The van der Waals surface area contributed by atoms with Gasteiger partial charge in [0.25, 0.3) is 0 Å². The maximum atomic E-state index is 14.1. The number of carbonyl (C=O) groups is 2. The Balaban J connectivity index is 1.76. The Hall–Kier alpha value is -2.97. The van der Waals surface area contributed by atoms with Crippen LogP contribution >= 0.6 is 0 Å². The molecule has 0 unspecified atom stereocenters. The van der Waals surface area contributed by atoms with Crippen LogP contribution in [-0.4, -0.2) is 58.3 Å². The summed E-state index contributed by atoms with van der Waals surface area (Å²) in [6, 6.07) is 14.7. The van der Waals surface area contributed by atoms with Crippen LogP contribution in [0, 0.1) is 5.82 Å². The van der Waals surface area contributed by atoms with Gasteiger partial charge in [0.15, 0.2) is 11.6 Å². The summed E-state index contributed by atoms with van der Waals surface area (Å²) in [6.07, 6.45) is -1.89. The molecule has 3 rings (SSSR count). The van der Waals surface area contributed by atoms with Crippen LogP contribution in [0.25, 0.3) is 0 Å². The molecule has 1 saturated carbocycles. The monoisotopic (exact) mass is 430 g/mol. The Bertz CT molecular complexity index is 895. The van der Waals surface area contributed by atoms with E-state index in [4.69, 9.17) is 9.84 Å². The molecule has 8 heteroatoms. The van der Waals surface area contributed by atoms with Crippen LogP contribution < -0.4 is 10.1 Å². The van der Waals surface area contributed by atoms with Crippen molar-refractivity contribution >= 4 is 11.9 Å². The van der Waals surface area contributed by atoms with E-state index in [-0.39, 0.29) is 25.0 Å². The molecule has 0 bridgehead atoms. The summed E-state index contributed by atoms with van der Waals surface area (Å²) in [7, 11) is 1.84. The molecular weight excluding hydrogens is 403 g/mol. The van der Waals surface area contributed by atoms with E-state index in [0.717, 1.165) is 5.56 Å². The van der Waals surface area contributed by atoms with Gasteiger partial charge in [-0.25, -0.2) is 4.39 Å². The van der Waals surface area contributed by atoms with Gasteiger partial charge in [0.05, 0.1) is 18.5 Å². The summed E-state index contributed by atoms with van der Waals surface area (Å²) >= 11 is 0. The number of para-hydroxylation sites is 1. The molecule has 1 amide bonds. The molecule has 1 fully saturated rings. The largest absolute Gasteiger partial charge is 0.485 e. The average molecular weight is 430 g/mol. The molecule has 0 aliphatic heterocycles. The van der Waals surface area contributed by atoms with Crippen molar-refractivity contribution in [1.29, 1.82) is 0 Å². The normalized spacial score (nSPS) is 23.0. The number of carbonyl (C=O) groups excluding carboxylic acids is 1. The summed E-state index contributed by atoms with van der Waals surface area (Å²) < 4.78 is 19.8. The Morgan fingerprint density at radius 1 is 1.13 bits per heavy atom. The van der Waals surface area contributed by atoms with Crippen LogP contribution in [0.2, 0.25) is 0 Å².